The predicted molar refractivity (Wildman–Crippen MR) is 103 cm³/mol. The van der Waals surface area contributed by atoms with Crippen molar-refractivity contribution in [2.24, 2.45) is 11.8 Å². The lowest BCUT2D eigenvalue weighted by Gasteiger charge is -2.32. The fraction of sp³-hybridized carbons (Fsp3) is 0.789. The topological polar surface area (TPSA) is 66.4 Å². The number of likely N-dealkylation sites (tertiary alicyclic amines) is 1. The highest BCUT2D eigenvalue weighted by molar-refractivity contribution is 7.91. The van der Waals surface area contributed by atoms with Gasteiger partial charge < -0.3 is 9.80 Å². The first kappa shape index (κ1) is 18.2. The number of sulfone groups is 1. The van der Waals surface area contributed by atoms with E-state index in [0.717, 1.165) is 43.4 Å². The van der Waals surface area contributed by atoms with E-state index in [1.165, 1.54) is 12.8 Å². The van der Waals surface area contributed by atoms with Gasteiger partial charge in [-0.05, 0) is 24.7 Å². The number of piperidine rings is 1. The van der Waals surface area contributed by atoms with Crippen molar-refractivity contribution in [3.05, 3.63) is 17.5 Å². The average molecular weight is 379 g/mol. The van der Waals surface area contributed by atoms with Crippen LogP contribution in [0.1, 0.15) is 50.8 Å². The molecule has 0 unspecified atom stereocenters. The quantitative estimate of drug-likeness (QED) is 0.802. The van der Waals surface area contributed by atoms with Crippen LogP contribution in [0.15, 0.2) is 6.20 Å². The molecule has 0 amide bonds. The zero-order valence-corrected chi connectivity index (χ0v) is 16.9. The Balaban J connectivity index is 1.65. The van der Waals surface area contributed by atoms with Gasteiger partial charge in [-0.2, -0.15) is 0 Å². The third-order valence-corrected chi connectivity index (χ3v) is 8.07. The highest BCUT2D eigenvalue weighted by atomic mass is 32.2. The molecule has 3 aliphatic rings. The molecule has 144 valence electrons. The van der Waals surface area contributed by atoms with E-state index >= 15 is 0 Å². The lowest BCUT2D eigenvalue weighted by molar-refractivity contribution is 0.294. The lowest BCUT2D eigenvalue weighted by atomic mass is 9.99. The van der Waals surface area contributed by atoms with E-state index in [9.17, 15) is 8.42 Å². The summed E-state index contributed by atoms with van der Waals surface area (Å²) >= 11 is 0. The van der Waals surface area contributed by atoms with E-state index < -0.39 is 9.84 Å². The smallest absolute Gasteiger partial charge is 0.225 e. The SMILES string of the molecule is CC(C)CN1C[C@@H]2c3nc(N4CCC[C@H](C)C4)ncc3CS(=O)(=O)[C@@H]2C1. The number of fused-ring (bicyclic) bond motifs is 3. The molecule has 0 N–H and O–H groups in total. The van der Waals surface area contributed by atoms with Crippen molar-refractivity contribution in [2.75, 3.05) is 37.6 Å². The van der Waals surface area contributed by atoms with Crippen LogP contribution in [-0.2, 0) is 15.6 Å². The molecule has 6 nitrogen and oxygen atoms in total. The molecular weight excluding hydrogens is 348 g/mol. The largest absolute Gasteiger partial charge is 0.341 e. The second-order valence-corrected chi connectivity index (χ2v) is 11.1. The van der Waals surface area contributed by atoms with Crippen molar-refractivity contribution in [1.29, 1.82) is 0 Å². The summed E-state index contributed by atoms with van der Waals surface area (Å²) in [7, 11) is -3.12. The van der Waals surface area contributed by atoms with E-state index in [2.05, 4.69) is 35.6 Å². The number of hydrogen-bond acceptors (Lipinski definition) is 6. The van der Waals surface area contributed by atoms with E-state index in [1.807, 2.05) is 0 Å². The fourth-order valence-corrected chi connectivity index (χ4v) is 6.86. The molecule has 2 fully saturated rings. The van der Waals surface area contributed by atoms with Gasteiger partial charge in [-0.15, -0.1) is 0 Å². The Hall–Kier alpha value is -1.21. The van der Waals surface area contributed by atoms with Crippen LogP contribution < -0.4 is 4.90 Å². The summed E-state index contributed by atoms with van der Waals surface area (Å²) in [5.74, 6) is 2.06. The molecule has 0 spiro atoms. The van der Waals surface area contributed by atoms with E-state index in [-0.39, 0.29) is 16.9 Å². The lowest BCUT2D eigenvalue weighted by Crippen LogP contribution is -2.38. The Morgan fingerprint density at radius 2 is 2.08 bits per heavy atom. The van der Waals surface area contributed by atoms with E-state index in [4.69, 9.17) is 4.98 Å². The molecule has 0 radical (unpaired) electrons. The molecule has 1 aromatic heterocycles. The first-order valence-corrected chi connectivity index (χ1v) is 11.6. The van der Waals surface area contributed by atoms with Crippen LogP contribution in [-0.4, -0.2) is 61.3 Å². The molecule has 0 aromatic carbocycles. The van der Waals surface area contributed by atoms with Gasteiger partial charge >= 0.3 is 0 Å². The molecule has 2 saturated heterocycles. The summed E-state index contributed by atoms with van der Waals surface area (Å²) < 4.78 is 25.6. The van der Waals surface area contributed by atoms with Crippen LogP contribution in [0.25, 0.3) is 0 Å². The summed E-state index contributed by atoms with van der Waals surface area (Å²) in [6, 6.07) is 0. The Morgan fingerprint density at radius 1 is 1.27 bits per heavy atom. The Kier molecular flexibility index (Phi) is 4.72. The van der Waals surface area contributed by atoms with Gasteiger partial charge in [0.05, 0.1) is 16.7 Å². The maximum absolute atomic E-state index is 12.8. The van der Waals surface area contributed by atoms with Crippen molar-refractivity contribution >= 4 is 15.8 Å². The molecule has 0 aliphatic carbocycles. The second-order valence-electron chi connectivity index (χ2n) is 8.84. The van der Waals surface area contributed by atoms with Crippen molar-refractivity contribution < 1.29 is 8.42 Å². The first-order valence-electron chi connectivity index (χ1n) is 9.88. The van der Waals surface area contributed by atoms with Gasteiger partial charge in [0.25, 0.3) is 0 Å². The summed E-state index contributed by atoms with van der Waals surface area (Å²) in [6.45, 7) is 11.0. The number of anilines is 1. The molecule has 7 heteroatoms. The molecule has 3 atom stereocenters. The molecule has 3 aliphatic heterocycles. The molecule has 4 rings (SSSR count). The zero-order valence-electron chi connectivity index (χ0n) is 16.1. The third-order valence-electron chi connectivity index (χ3n) is 5.96. The van der Waals surface area contributed by atoms with Gasteiger partial charge in [0, 0.05) is 50.4 Å². The van der Waals surface area contributed by atoms with Crippen LogP contribution in [0.5, 0.6) is 0 Å². The minimum Gasteiger partial charge on any atom is -0.341 e. The number of hydrogen-bond donors (Lipinski definition) is 0. The standard InChI is InChI=1S/C19H30N4O2S/c1-13(2)8-22-10-16-17(11-22)26(24,25)12-15-7-20-19(21-18(15)16)23-6-4-5-14(3)9-23/h7,13-14,16-17H,4-6,8-12H2,1-3H3/t14-,16-,17+/m0/s1. The Bertz CT molecular complexity index is 780. The van der Waals surface area contributed by atoms with Gasteiger partial charge in [-0.25, -0.2) is 18.4 Å². The average Bonchev–Trinajstić information content (AvgIpc) is 2.99. The molecular formula is C19H30N4O2S. The molecule has 26 heavy (non-hydrogen) atoms. The predicted octanol–water partition coefficient (Wildman–Crippen LogP) is 2.07. The molecule has 0 saturated carbocycles. The van der Waals surface area contributed by atoms with Gasteiger partial charge in [-0.1, -0.05) is 20.8 Å². The molecule has 0 bridgehead atoms. The Labute approximate surface area is 156 Å². The zero-order chi connectivity index (χ0) is 18.5. The summed E-state index contributed by atoms with van der Waals surface area (Å²) in [5, 5.41) is -0.309. The van der Waals surface area contributed by atoms with Crippen LogP contribution in [0, 0.1) is 11.8 Å². The minimum absolute atomic E-state index is 0.00790. The summed E-state index contributed by atoms with van der Waals surface area (Å²) in [5.41, 5.74) is 1.80. The first-order chi connectivity index (χ1) is 12.3. The highest BCUT2D eigenvalue weighted by Gasteiger charge is 2.47. The monoisotopic (exact) mass is 378 g/mol. The summed E-state index contributed by atoms with van der Waals surface area (Å²) in [4.78, 5) is 14.0. The van der Waals surface area contributed by atoms with Gasteiger partial charge in [-0.3, -0.25) is 0 Å². The van der Waals surface area contributed by atoms with Crippen molar-refractivity contribution in [2.45, 2.75) is 50.5 Å². The van der Waals surface area contributed by atoms with Crippen LogP contribution in [0.2, 0.25) is 0 Å². The maximum Gasteiger partial charge on any atom is 0.225 e. The van der Waals surface area contributed by atoms with Crippen LogP contribution in [0.3, 0.4) is 0 Å². The molecule has 4 heterocycles. The Morgan fingerprint density at radius 3 is 2.81 bits per heavy atom. The van der Waals surface area contributed by atoms with E-state index in [0.29, 0.717) is 18.4 Å². The minimum atomic E-state index is -3.12. The number of aromatic nitrogens is 2. The van der Waals surface area contributed by atoms with Gasteiger partial charge in [0.2, 0.25) is 5.95 Å². The van der Waals surface area contributed by atoms with Crippen molar-refractivity contribution in [1.82, 2.24) is 14.9 Å². The number of nitrogens with zero attached hydrogens (tertiary/aromatic N) is 4. The fourth-order valence-electron chi connectivity index (χ4n) is 4.83. The van der Waals surface area contributed by atoms with Crippen LogP contribution >= 0.6 is 0 Å². The normalized spacial score (nSPS) is 31.1. The summed E-state index contributed by atoms with van der Waals surface area (Å²) in [6.07, 6.45) is 4.20. The second kappa shape index (κ2) is 6.75. The van der Waals surface area contributed by atoms with Gasteiger partial charge in [0.15, 0.2) is 9.84 Å². The van der Waals surface area contributed by atoms with Gasteiger partial charge in [0.1, 0.15) is 0 Å². The maximum atomic E-state index is 12.8. The highest BCUT2D eigenvalue weighted by Crippen LogP contribution is 2.40. The molecule has 1 aromatic rings. The van der Waals surface area contributed by atoms with Crippen LogP contribution in [0.4, 0.5) is 5.95 Å². The third kappa shape index (κ3) is 3.36. The van der Waals surface area contributed by atoms with Crippen molar-refractivity contribution in [3.8, 4) is 0 Å². The van der Waals surface area contributed by atoms with Crippen molar-refractivity contribution in [3.63, 3.8) is 0 Å². The van der Waals surface area contributed by atoms with E-state index in [1.54, 1.807) is 6.20 Å². The number of rotatable bonds is 3.